The molecule has 0 spiro atoms. The number of piperidine rings is 1. The van der Waals surface area contributed by atoms with E-state index in [2.05, 4.69) is 51.7 Å². The molecule has 2 atom stereocenters. The molecule has 2 rings (SSSR count). The van der Waals surface area contributed by atoms with Crippen molar-refractivity contribution in [2.45, 2.75) is 51.0 Å². The van der Waals surface area contributed by atoms with Crippen molar-refractivity contribution in [3.8, 4) is 0 Å². The summed E-state index contributed by atoms with van der Waals surface area (Å²) in [6.45, 7) is 4.34. The van der Waals surface area contributed by atoms with E-state index in [-0.39, 0.29) is 0 Å². The van der Waals surface area contributed by atoms with Crippen molar-refractivity contribution in [3.05, 3.63) is 35.9 Å². The van der Waals surface area contributed by atoms with E-state index < -0.39 is 12.7 Å². The van der Waals surface area contributed by atoms with Crippen LogP contribution in [-0.2, 0) is 6.54 Å². The third-order valence-corrected chi connectivity index (χ3v) is 5.26. The van der Waals surface area contributed by atoms with Crippen LogP contribution in [0.15, 0.2) is 35.3 Å². The number of alkyl halides is 3. The van der Waals surface area contributed by atoms with Crippen LogP contribution < -0.4 is 10.6 Å². The van der Waals surface area contributed by atoms with E-state index in [1.54, 1.807) is 7.05 Å². The normalized spacial score (nSPS) is 21.4. The van der Waals surface area contributed by atoms with Gasteiger partial charge in [0.05, 0.1) is 6.54 Å². The third kappa shape index (κ3) is 9.04. The molecule has 1 saturated heterocycles. The Labute approximate surface area is 172 Å². The van der Waals surface area contributed by atoms with Crippen LogP contribution in [0.1, 0.15) is 31.7 Å². The number of benzene rings is 1. The van der Waals surface area contributed by atoms with Crippen LogP contribution in [0.5, 0.6) is 0 Å². The first kappa shape index (κ1) is 23.5. The van der Waals surface area contributed by atoms with Crippen molar-refractivity contribution in [3.63, 3.8) is 0 Å². The lowest BCUT2D eigenvalue weighted by Crippen LogP contribution is -2.51. The summed E-state index contributed by atoms with van der Waals surface area (Å²) >= 11 is 0. The van der Waals surface area contributed by atoms with Crippen molar-refractivity contribution in [1.82, 2.24) is 20.4 Å². The number of likely N-dealkylation sites (tertiary alicyclic amines) is 1. The summed E-state index contributed by atoms with van der Waals surface area (Å²) in [6, 6.07) is 11.3. The topological polar surface area (TPSA) is 42.9 Å². The molecule has 1 aromatic carbocycles. The Morgan fingerprint density at radius 3 is 2.62 bits per heavy atom. The molecule has 0 bridgehead atoms. The van der Waals surface area contributed by atoms with E-state index in [1.165, 1.54) is 17.5 Å². The maximum absolute atomic E-state index is 12.3. The van der Waals surface area contributed by atoms with Gasteiger partial charge in [-0.2, -0.15) is 13.2 Å². The van der Waals surface area contributed by atoms with E-state index >= 15 is 0 Å². The van der Waals surface area contributed by atoms with Gasteiger partial charge in [0.15, 0.2) is 5.96 Å². The minimum Gasteiger partial charge on any atom is -0.356 e. The zero-order valence-corrected chi connectivity index (χ0v) is 17.7. The average Bonchev–Trinajstić information content (AvgIpc) is 2.65. The van der Waals surface area contributed by atoms with Crippen LogP contribution >= 0.6 is 0 Å². The van der Waals surface area contributed by atoms with Gasteiger partial charge in [-0.05, 0) is 45.3 Å². The summed E-state index contributed by atoms with van der Waals surface area (Å²) in [5.74, 6) is 0.720. The van der Waals surface area contributed by atoms with Crippen LogP contribution in [0.2, 0.25) is 0 Å². The molecular formula is C21H34F3N5. The lowest BCUT2D eigenvalue weighted by atomic mass is 9.97. The van der Waals surface area contributed by atoms with Gasteiger partial charge in [-0.1, -0.05) is 30.3 Å². The Hall–Kier alpha value is -1.80. The van der Waals surface area contributed by atoms with E-state index in [0.717, 1.165) is 31.9 Å². The second-order valence-electron chi connectivity index (χ2n) is 7.88. The van der Waals surface area contributed by atoms with Crippen LogP contribution in [-0.4, -0.2) is 74.3 Å². The van der Waals surface area contributed by atoms with E-state index in [0.29, 0.717) is 31.6 Å². The number of halogens is 3. The fraction of sp³-hybridized carbons (Fsp3) is 0.667. The SMILES string of the molecule is CN=C(NCCCN(C)CC(F)(F)F)NC1CCN(Cc2ccccc2)C(C)C1. The number of hydrogen-bond acceptors (Lipinski definition) is 3. The maximum Gasteiger partial charge on any atom is 0.401 e. The largest absolute Gasteiger partial charge is 0.401 e. The number of rotatable bonds is 8. The smallest absolute Gasteiger partial charge is 0.356 e. The van der Waals surface area contributed by atoms with E-state index in [9.17, 15) is 13.2 Å². The first-order valence-electron chi connectivity index (χ1n) is 10.3. The highest BCUT2D eigenvalue weighted by Crippen LogP contribution is 2.20. The van der Waals surface area contributed by atoms with Gasteiger partial charge in [-0.3, -0.25) is 14.8 Å². The monoisotopic (exact) mass is 413 g/mol. The quantitative estimate of drug-likeness (QED) is 0.391. The molecule has 1 aliphatic heterocycles. The van der Waals surface area contributed by atoms with Crippen molar-refractivity contribution < 1.29 is 13.2 Å². The summed E-state index contributed by atoms with van der Waals surface area (Å²) < 4.78 is 37.0. The third-order valence-electron chi connectivity index (χ3n) is 5.26. The van der Waals surface area contributed by atoms with Gasteiger partial charge in [-0.25, -0.2) is 0 Å². The number of aliphatic imine (C=N–C) groups is 1. The van der Waals surface area contributed by atoms with Gasteiger partial charge in [0.2, 0.25) is 0 Å². The molecule has 0 saturated carbocycles. The summed E-state index contributed by atoms with van der Waals surface area (Å²) in [4.78, 5) is 8.05. The molecule has 29 heavy (non-hydrogen) atoms. The van der Waals surface area contributed by atoms with Gasteiger partial charge < -0.3 is 10.6 Å². The molecule has 0 amide bonds. The fourth-order valence-corrected chi connectivity index (χ4v) is 3.73. The summed E-state index contributed by atoms with van der Waals surface area (Å²) in [6.07, 6.45) is -1.46. The molecule has 0 radical (unpaired) electrons. The van der Waals surface area contributed by atoms with Crippen molar-refractivity contribution in [2.75, 3.05) is 40.3 Å². The zero-order chi connectivity index (χ0) is 21.3. The molecule has 8 heteroatoms. The predicted octanol–water partition coefficient (Wildman–Crippen LogP) is 3.09. The van der Waals surface area contributed by atoms with Crippen LogP contribution in [0.3, 0.4) is 0 Å². The fourth-order valence-electron chi connectivity index (χ4n) is 3.73. The minimum atomic E-state index is -4.15. The van der Waals surface area contributed by atoms with Crippen LogP contribution in [0, 0.1) is 0 Å². The van der Waals surface area contributed by atoms with Gasteiger partial charge >= 0.3 is 6.18 Å². The highest BCUT2D eigenvalue weighted by molar-refractivity contribution is 5.79. The van der Waals surface area contributed by atoms with Gasteiger partial charge in [0, 0.05) is 38.8 Å². The van der Waals surface area contributed by atoms with Crippen molar-refractivity contribution >= 4 is 5.96 Å². The second kappa shape index (κ2) is 11.4. The second-order valence-corrected chi connectivity index (χ2v) is 7.88. The first-order chi connectivity index (χ1) is 13.8. The van der Waals surface area contributed by atoms with Crippen molar-refractivity contribution in [2.24, 2.45) is 4.99 Å². The molecule has 1 fully saturated rings. The van der Waals surface area contributed by atoms with Gasteiger partial charge in [-0.15, -0.1) is 0 Å². The maximum atomic E-state index is 12.3. The molecule has 1 aromatic rings. The Morgan fingerprint density at radius 2 is 2.00 bits per heavy atom. The Bertz CT molecular complexity index is 620. The lowest BCUT2D eigenvalue weighted by molar-refractivity contribution is -0.143. The number of hydrogen-bond donors (Lipinski definition) is 2. The minimum absolute atomic E-state index is 0.344. The molecule has 1 heterocycles. The van der Waals surface area contributed by atoms with Crippen LogP contribution in [0.4, 0.5) is 13.2 Å². The molecule has 164 valence electrons. The number of nitrogens with one attached hydrogen (secondary N) is 2. The molecular weight excluding hydrogens is 379 g/mol. The molecule has 1 aliphatic rings. The molecule has 2 unspecified atom stereocenters. The van der Waals surface area contributed by atoms with Gasteiger partial charge in [0.25, 0.3) is 0 Å². The zero-order valence-electron chi connectivity index (χ0n) is 17.7. The number of guanidine groups is 1. The highest BCUT2D eigenvalue weighted by atomic mass is 19.4. The van der Waals surface area contributed by atoms with Crippen LogP contribution in [0.25, 0.3) is 0 Å². The first-order valence-corrected chi connectivity index (χ1v) is 10.3. The number of nitrogens with zero attached hydrogens (tertiary/aromatic N) is 3. The average molecular weight is 414 g/mol. The molecule has 0 aliphatic carbocycles. The standard InChI is InChI=1S/C21H34F3N5/c1-17-14-19(10-13-29(17)15-18-8-5-4-6-9-18)27-20(25-2)26-11-7-12-28(3)16-21(22,23)24/h4-6,8-9,17,19H,7,10-16H2,1-3H3,(H2,25,26,27). The molecule has 0 aromatic heterocycles. The van der Waals surface area contributed by atoms with E-state index in [1.807, 2.05) is 6.07 Å². The Morgan fingerprint density at radius 1 is 1.28 bits per heavy atom. The lowest BCUT2D eigenvalue weighted by Gasteiger charge is -2.38. The summed E-state index contributed by atoms with van der Waals surface area (Å²) in [5, 5.41) is 6.68. The van der Waals surface area contributed by atoms with Crippen molar-refractivity contribution in [1.29, 1.82) is 0 Å². The van der Waals surface area contributed by atoms with E-state index in [4.69, 9.17) is 0 Å². The Kier molecular flexibility index (Phi) is 9.23. The summed E-state index contributed by atoms with van der Waals surface area (Å²) in [7, 11) is 3.21. The molecule has 5 nitrogen and oxygen atoms in total. The van der Waals surface area contributed by atoms with Gasteiger partial charge in [0.1, 0.15) is 0 Å². The highest BCUT2D eigenvalue weighted by Gasteiger charge is 2.29. The Balaban J connectivity index is 1.68. The predicted molar refractivity (Wildman–Crippen MR) is 112 cm³/mol. The molecule has 2 N–H and O–H groups in total. The summed E-state index contributed by atoms with van der Waals surface area (Å²) in [5.41, 5.74) is 1.33.